The molecular weight excluding hydrogens is 161 g/mol. The lowest BCUT2D eigenvalue weighted by Crippen LogP contribution is -2.43. The van der Waals surface area contributed by atoms with Gasteiger partial charge in [0, 0.05) is 7.05 Å². The van der Waals surface area contributed by atoms with Gasteiger partial charge < -0.3 is 5.73 Å². The van der Waals surface area contributed by atoms with Crippen LogP contribution < -0.4 is 11.2 Å². The Bertz CT molecular complexity index is 51.1. The third-order valence-electron chi connectivity index (χ3n) is 0.964. The Labute approximate surface area is 68.8 Å². The lowest BCUT2D eigenvalue weighted by molar-refractivity contribution is 0.198. The molecule has 0 aromatic rings. The fourth-order valence-electron chi connectivity index (χ4n) is 0.204. The Morgan fingerprint density at radius 2 is 1.78 bits per heavy atom. The van der Waals surface area contributed by atoms with Crippen LogP contribution in [0.1, 0.15) is 6.92 Å². The van der Waals surface area contributed by atoms with Crippen LogP contribution in [0.4, 0.5) is 0 Å². The van der Waals surface area contributed by atoms with Crippen LogP contribution in [-0.4, -0.2) is 25.3 Å². The quantitative estimate of drug-likeness (QED) is 0.466. The van der Waals surface area contributed by atoms with E-state index < -0.39 is 0 Å². The molecule has 0 aromatic carbocycles. The van der Waals surface area contributed by atoms with Gasteiger partial charge in [-0.15, -0.1) is 24.8 Å². The number of halogens is 2. The van der Waals surface area contributed by atoms with Crippen LogP contribution in [0.5, 0.6) is 0 Å². The lowest BCUT2D eigenvalue weighted by atomic mass is 10.6. The Morgan fingerprint density at radius 1 is 1.44 bits per heavy atom. The molecule has 0 fully saturated rings. The molecule has 0 aliphatic heterocycles. The van der Waals surface area contributed by atoms with Gasteiger partial charge in [0.2, 0.25) is 0 Å². The average molecular weight is 176 g/mol. The van der Waals surface area contributed by atoms with Crippen molar-refractivity contribution in [3.05, 3.63) is 0 Å². The largest absolute Gasteiger partial charge is 0.315 e. The van der Waals surface area contributed by atoms with Crippen LogP contribution in [0, 0.1) is 0 Å². The van der Waals surface area contributed by atoms with Gasteiger partial charge in [0.25, 0.3) is 0 Å². The highest BCUT2D eigenvalue weighted by Gasteiger charge is 1.95. The summed E-state index contributed by atoms with van der Waals surface area (Å²) < 4.78 is 0. The minimum Gasteiger partial charge on any atom is -0.315 e. The molecule has 0 bridgehead atoms. The molecule has 0 aliphatic carbocycles. The molecule has 5 heteroatoms. The normalized spacial score (nSPS) is 11.7. The van der Waals surface area contributed by atoms with Crippen molar-refractivity contribution < 1.29 is 0 Å². The molecule has 0 rings (SSSR count). The van der Waals surface area contributed by atoms with E-state index in [4.69, 9.17) is 5.73 Å². The highest BCUT2D eigenvalue weighted by Crippen LogP contribution is 1.75. The van der Waals surface area contributed by atoms with E-state index in [2.05, 4.69) is 5.43 Å². The van der Waals surface area contributed by atoms with Gasteiger partial charge in [0.05, 0.1) is 6.17 Å². The Kier molecular flexibility index (Phi) is 15.3. The number of nitrogens with zero attached hydrogens (tertiary/aromatic N) is 1. The molecular formula is C4H15Cl2N3. The molecule has 0 spiro atoms. The molecule has 0 amide bonds. The number of hydrogen-bond acceptors (Lipinski definition) is 3. The van der Waals surface area contributed by atoms with Gasteiger partial charge in [-0.1, -0.05) is 0 Å². The van der Waals surface area contributed by atoms with Crippen molar-refractivity contribution >= 4 is 24.8 Å². The molecule has 0 aromatic heterocycles. The standard InChI is InChI=1S/C4H13N3.2ClH/c1-4(5)7(3)6-2;;/h4,6H,5H2,1-3H3;2*1H. The topological polar surface area (TPSA) is 41.3 Å². The van der Waals surface area contributed by atoms with Gasteiger partial charge in [-0.25, -0.2) is 5.01 Å². The summed E-state index contributed by atoms with van der Waals surface area (Å²) in [6.45, 7) is 1.91. The molecule has 9 heavy (non-hydrogen) atoms. The third kappa shape index (κ3) is 8.46. The van der Waals surface area contributed by atoms with Crippen LogP contribution in [0.3, 0.4) is 0 Å². The second kappa shape index (κ2) is 8.46. The fourth-order valence-corrected chi connectivity index (χ4v) is 0.204. The SMILES string of the molecule is CNN(C)C(C)N.Cl.Cl. The molecule has 0 saturated heterocycles. The van der Waals surface area contributed by atoms with Crippen molar-refractivity contribution in [3.63, 3.8) is 0 Å². The maximum Gasteiger partial charge on any atom is 0.0675 e. The zero-order chi connectivity index (χ0) is 5.86. The number of nitrogens with two attached hydrogens (primary N) is 1. The fraction of sp³-hybridized carbons (Fsp3) is 1.00. The van der Waals surface area contributed by atoms with Crippen molar-refractivity contribution in [3.8, 4) is 0 Å². The first-order chi connectivity index (χ1) is 3.18. The van der Waals surface area contributed by atoms with Crippen LogP contribution in [-0.2, 0) is 0 Å². The summed E-state index contributed by atoms with van der Waals surface area (Å²) in [6, 6.07) is 0. The van der Waals surface area contributed by atoms with Crippen molar-refractivity contribution in [2.24, 2.45) is 5.73 Å². The monoisotopic (exact) mass is 175 g/mol. The van der Waals surface area contributed by atoms with Crippen molar-refractivity contribution in [1.29, 1.82) is 0 Å². The summed E-state index contributed by atoms with van der Waals surface area (Å²) in [4.78, 5) is 0. The average Bonchev–Trinajstić information content (AvgIpc) is 1.65. The Balaban J connectivity index is -0.000000180. The van der Waals surface area contributed by atoms with Crippen LogP contribution >= 0.6 is 24.8 Å². The van der Waals surface area contributed by atoms with E-state index in [9.17, 15) is 0 Å². The smallest absolute Gasteiger partial charge is 0.0675 e. The Hall–Kier alpha value is 0.460. The first-order valence-corrected chi connectivity index (χ1v) is 2.34. The minimum absolute atomic E-state index is 0. The second-order valence-electron chi connectivity index (χ2n) is 1.58. The van der Waals surface area contributed by atoms with E-state index in [1.54, 1.807) is 0 Å². The summed E-state index contributed by atoms with van der Waals surface area (Å²) in [7, 11) is 3.73. The predicted octanol–water partition coefficient (Wildman–Crippen LogP) is 0.201. The third-order valence-corrected chi connectivity index (χ3v) is 0.964. The van der Waals surface area contributed by atoms with Gasteiger partial charge in [0.15, 0.2) is 0 Å². The summed E-state index contributed by atoms with van der Waals surface area (Å²) in [6.07, 6.45) is 0.0880. The first kappa shape index (κ1) is 16.2. The molecule has 0 saturated carbocycles. The van der Waals surface area contributed by atoms with E-state index >= 15 is 0 Å². The van der Waals surface area contributed by atoms with Crippen LogP contribution in [0.25, 0.3) is 0 Å². The van der Waals surface area contributed by atoms with Gasteiger partial charge >= 0.3 is 0 Å². The van der Waals surface area contributed by atoms with E-state index in [0.717, 1.165) is 0 Å². The number of rotatable bonds is 2. The molecule has 3 nitrogen and oxygen atoms in total. The van der Waals surface area contributed by atoms with Gasteiger partial charge in [-0.05, 0) is 14.0 Å². The number of hydrazine groups is 1. The summed E-state index contributed by atoms with van der Waals surface area (Å²) in [5.74, 6) is 0. The van der Waals surface area contributed by atoms with E-state index in [-0.39, 0.29) is 31.0 Å². The Morgan fingerprint density at radius 3 is 1.78 bits per heavy atom. The highest BCUT2D eigenvalue weighted by atomic mass is 35.5. The maximum absolute atomic E-state index is 5.41. The molecule has 1 atom stereocenters. The molecule has 0 heterocycles. The van der Waals surface area contributed by atoms with Crippen molar-refractivity contribution in [1.82, 2.24) is 10.4 Å². The van der Waals surface area contributed by atoms with Crippen molar-refractivity contribution in [2.45, 2.75) is 13.1 Å². The molecule has 3 N–H and O–H groups in total. The second-order valence-corrected chi connectivity index (χ2v) is 1.58. The van der Waals surface area contributed by atoms with Gasteiger partial charge in [-0.3, -0.25) is 5.43 Å². The summed E-state index contributed by atoms with van der Waals surface area (Å²) in [5, 5.41) is 1.82. The zero-order valence-corrected chi connectivity index (χ0v) is 7.55. The van der Waals surface area contributed by atoms with E-state index in [1.807, 2.05) is 26.0 Å². The van der Waals surface area contributed by atoms with Gasteiger partial charge in [-0.2, -0.15) is 0 Å². The highest BCUT2D eigenvalue weighted by molar-refractivity contribution is 5.85. The first-order valence-electron chi connectivity index (χ1n) is 2.34. The molecule has 60 valence electrons. The van der Waals surface area contributed by atoms with Crippen LogP contribution in [0.15, 0.2) is 0 Å². The van der Waals surface area contributed by atoms with Crippen molar-refractivity contribution in [2.75, 3.05) is 14.1 Å². The molecule has 1 unspecified atom stereocenters. The number of hydrogen-bond donors (Lipinski definition) is 2. The van der Waals surface area contributed by atoms with E-state index in [0.29, 0.717) is 0 Å². The molecule has 0 aliphatic rings. The summed E-state index contributed by atoms with van der Waals surface area (Å²) in [5.41, 5.74) is 8.28. The van der Waals surface area contributed by atoms with Gasteiger partial charge in [0.1, 0.15) is 0 Å². The number of nitrogens with one attached hydrogen (secondary N) is 1. The van der Waals surface area contributed by atoms with E-state index in [1.165, 1.54) is 0 Å². The maximum atomic E-state index is 5.41. The zero-order valence-electron chi connectivity index (χ0n) is 5.92. The van der Waals surface area contributed by atoms with Crippen LogP contribution in [0.2, 0.25) is 0 Å². The predicted molar refractivity (Wildman–Crippen MR) is 45.0 cm³/mol. The summed E-state index contributed by atoms with van der Waals surface area (Å²) >= 11 is 0. The molecule has 0 radical (unpaired) electrons. The minimum atomic E-state index is 0. The lowest BCUT2D eigenvalue weighted by Gasteiger charge is -2.18.